The van der Waals surface area contributed by atoms with Gasteiger partial charge in [0.15, 0.2) is 0 Å². The summed E-state index contributed by atoms with van der Waals surface area (Å²) in [4.78, 5) is 0. The summed E-state index contributed by atoms with van der Waals surface area (Å²) < 4.78 is 6.43. The van der Waals surface area contributed by atoms with Gasteiger partial charge in [-0.1, -0.05) is 15.9 Å². The Hall–Kier alpha value is -1.05. The fourth-order valence-electron chi connectivity index (χ4n) is 1.31. The van der Waals surface area contributed by atoms with E-state index in [0.29, 0.717) is 25.2 Å². The van der Waals surface area contributed by atoms with E-state index in [9.17, 15) is 5.11 Å². The Bertz CT molecular complexity index is 385. The van der Waals surface area contributed by atoms with Crippen LogP contribution in [0.3, 0.4) is 0 Å². The zero-order chi connectivity index (χ0) is 12.0. The van der Waals surface area contributed by atoms with E-state index < -0.39 is 6.10 Å². The van der Waals surface area contributed by atoms with Crippen molar-refractivity contribution in [2.24, 2.45) is 0 Å². The van der Waals surface area contributed by atoms with Crippen molar-refractivity contribution in [2.45, 2.75) is 25.9 Å². The fourth-order valence-corrected chi connectivity index (χ4v) is 1.69. The van der Waals surface area contributed by atoms with E-state index in [4.69, 9.17) is 10.00 Å². The summed E-state index contributed by atoms with van der Waals surface area (Å²) in [6.45, 7) is 2.19. The molecule has 1 unspecified atom stereocenters. The highest BCUT2D eigenvalue weighted by Crippen LogP contribution is 2.28. The molecule has 1 rings (SSSR count). The molecule has 1 aromatic rings. The van der Waals surface area contributed by atoms with Crippen LogP contribution < -0.4 is 4.74 Å². The number of nitrogens with zero attached hydrogens (tertiary/aromatic N) is 1. The number of aliphatic hydroxyl groups excluding tert-OH is 1. The van der Waals surface area contributed by atoms with E-state index in [1.54, 1.807) is 6.92 Å². The van der Waals surface area contributed by atoms with Crippen molar-refractivity contribution in [3.8, 4) is 11.8 Å². The Morgan fingerprint density at radius 1 is 1.56 bits per heavy atom. The Morgan fingerprint density at radius 3 is 2.94 bits per heavy atom. The van der Waals surface area contributed by atoms with Crippen molar-refractivity contribution in [1.29, 1.82) is 5.26 Å². The molecule has 0 bridgehead atoms. The van der Waals surface area contributed by atoms with Crippen molar-refractivity contribution in [3.63, 3.8) is 0 Å². The summed E-state index contributed by atoms with van der Waals surface area (Å²) in [7, 11) is 0. The van der Waals surface area contributed by atoms with Crippen LogP contribution >= 0.6 is 15.9 Å². The van der Waals surface area contributed by atoms with Crippen molar-refractivity contribution >= 4 is 15.9 Å². The lowest BCUT2D eigenvalue weighted by Gasteiger charge is -2.13. The molecule has 4 heteroatoms. The minimum Gasteiger partial charge on any atom is -0.493 e. The number of halogens is 1. The maximum Gasteiger partial charge on any atom is 0.125 e. The Balaban J connectivity index is 2.68. The molecule has 16 heavy (non-hydrogen) atoms. The number of hydrogen-bond acceptors (Lipinski definition) is 3. The number of nitriles is 1. The van der Waals surface area contributed by atoms with Crippen LogP contribution in [-0.2, 0) is 0 Å². The first kappa shape index (κ1) is 13.0. The highest BCUT2D eigenvalue weighted by molar-refractivity contribution is 9.10. The maximum absolute atomic E-state index is 9.58. The van der Waals surface area contributed by atoms with Gasteiger partial charge >= 0.3 is 0 Å². The second-order valence-electron chi connectivity index (χ2n) is 3.47. The van der Waals surface area contributed by atoms with Gasteiger partial charge in [-0.15, -0.1) is 0 Å². The normalized spacial score (nSPS) is 11.9. The molecular formula is C12H14BrNO2. The van der Waals surface area contributed by atoms with E-state index >= 15 is 0 Å². The van der Waals surface area contributed by atoms with E-state index in [0.717, 1.165) is 10.0 Å². The number of unbranched alkanes of at least 4 members (excludes halogenated alkanes) is 1. The number of ether oxygens (including phenoxy) is 1. The Labute approximate surface area is 104 Å². The van der Waals surface area contributed by atoms with Gasteiger partial charge in [-0.2, -0.15) is 5.26 Å². The first-order chi connectivity index (χ1) is 7.65. The standard InChI is InChI=1S/C12H14BrNO2/c1-9(15)11-8-10(13)4-5-12(11)16-7-3-2-6-14/h4-5,8-9,15H,2-3,7H2,1H3. The first-order valence-electron chi connectivity index (χ1n) is 5.12. The Morgan fingerprint density at radius 2 is 2.31 bits per heavy atom. The van der Waals surface area contributed by atoms with Gasteiger partial charge in [0.2, 0.25) is 0 Å². The smallest absolute Gasteiger partial charge is 0.125 e. The number of benzene rings is 1. The summed E-state index contributed by atoms with van der Waals surface area (Å²) in [5, 5.41) is 18.0. The van der Waals surface area contributed by atoms with Gasteiger partial charge in [-0.3, -0.25) is 0 Å². The van der Waals surface area contributed by atoms with Crippen molar-refractivity contribution in [2.75, 3.05) is 6.61 Å². The minimum absolute atomic E-state index is 0.487. The predicted octanol–water partition coefficient (Wildman–Crippen LogP) is 3.18. The highest BCUT2D eigenvalue weighted by atomic mass is 79.9. The summed E-state index contributed by atoms with van der Waals surface area (Å²) in [5.41, 5.74) is 0.756. The van der Waals surface area contributed by atoms with Crippen LogP contribution in [0.25, 0.3) is 0 Å². The third-order valence-corrected chi connectivity index (χ3v) is 2.61. The summed E-state index contributed by atoms with van der Waals surface area (Å²) >= 11 is 3.35. The maximum atomic E-state index is 9.58. The molecule has 0 spiro atoms. The molecule has 0 aliphatic rings. The van der Waals surface area contributed by atoms with Crippen molar-refractivity contribution < 1.29 is 9.84 Å². The minimum atomic E-state index is -0.566. The molecule has 86 valence electrons. The lowest BCUT2D eigenvalue weighted by molar-refractivity contribution is 0.191. The van der Waals surface area contributed by atoms with Gasteiger partial charge in [0.1, 0.15) is 5.75 Å². The van der Waals surface area contributed by atoms with Gasteiger partial charge < -0.3 is 9.84 Å². The average molecular weight is 284 g/mol. The lowest BCUT2D eigenvalue weighted by Crippen LogP contribution is -2.02. The topological polar surface area (TPSA) is 53.2 Å². The molecule has 3 nitrogen and oxygen atoms in total. The predicted molar refractivity (Wildman–Crippen MR) is 65.1 cm³/mol. The molecular weight excluding hydrogens is 270 g/mol. The largest absolute Gasteiger partial charge is 0.493 e. The third-order valence-electron chi connectivity index (χ3n) is 2.11. The van der Waals surface area contributed by atoms with Crippen LogP contribution in [0.4, 0.5) is 0 Å². The molecule has 0 aliphatic heterocycles. The van der Waals surface area contributed by atoms with E-state index in [1.807, 2.05) is 18.2 Å². The summed E-state index contributed by atoms with van der Waals surface area (Å²) in [6.07, 6.45) is 0.621. The summed E-state index contributed by atoms with van der Waals surface area (Å²) in [6, 6.07) is 7.59. The van der Waals surface area contributed by atoms with E-state index in [-0.39, 0.29) is 0 Å². The molecule has 0 fully saturated rings. The number of rotatable bonds is 5. The monoisotopic (exact) mass is 283 g/mol. The molecule has 0 aromatic heterocycles. The Kier molecular flexibility index (Phi) is 5.30. The van der Waals surface area contributed by atoms with E-state index in [2.05, 4.69) is 22.0 Å². The van der Waals surface area contributed by atoms with Gasteiger partial charge in [-0.25, -0.2) is 0 Å². The van der Waals surface area contributed by atoms with Crippen molar-refractivity contribution in [3.05, 3.63) is 28.2 Å². The fraction of sp³-hybridized carbons (Fsp3) is 0.417. The molecule has 0 amide bonds. The molecule has 0 aliphatic carbocycles. The molecule has 0 saturated carbocycles. The van der Waals surface area contributed by atoms with Crippen LogP contribution in [0.2, 0.25) is 0 Å². The molecule has 1 aromatic carbocycles. The van der Waals surface area contributed by atoms with Gasteiger partial charge in [-0.05, 0) is 31.5 Å². The molecule has 0 heterocycles. The number of hydrogen-bond donors (Lipinski definition) is 1. The molecule has 0 saturated heterocycles. The second-order valence-corrected chi connectivity index (χ2v) is 4.38. The van der Waals surface area contributed by atoms with Gasteiger partial charge in [0.05, 0.1) is 18.8 Å². The van der Waals surface area contributed by atoms with Crippen LogP contribution in [0, 0.1) is 11.3 Å². The third kappa shape index (κ3) is 3.84. The van der Waals surface area contributed by atoms with Crippen LogP contribution in [0.15, 0.2) is 22.7 Å². The van der Waals surface area contributed by atoms with Crippen LogP contribution in [0.5, 0.6) is 5.75 Å². The van der Waals surface area contributed by atoms with Gasteiger partial charge in [0.25, 0.3) is 0 Å². The quantitative estimate of drug-likeness (QED) is 0.845. The molecule has 1 atom stereocenters. The van der Waals surface area contributed by atoms with Crippen LogP contribution in [-0.4, -0.2) is 11.7 Å². The molecule has 1 N–H and O–H groups in total. The zero-order valence-corrected chi connectivity index (χ0v) is 10.7. The van der Waals surface area contributed by atoms with Gasteiger partial charge in [0, 0.05) is 16.5 Å². The number of aliphatic hydroxyl groups is 1. The first-order valence-corrected chi connectivity index (χ1v) is 5.91. The van der Waals surface area contributed by atoms with Crippen molar-refractivity contribution in [1.82, 2.24) is 0 Å². The SMILES string of the molecule is CC(O)c1cc(Br)ccc1OCCCC#N. The zero-order valence-electron chi connectivity index (χ0n) is 9.11. The highest BCUT2D eigenvalue weighted by Gasteiger charge is 2.09. The van der Waals surface area contributed by atoms with E-state index in [1.165, 1.54) is 0 Å². The second kappa shape index (κ2) is 6.51. The molecule has 0 radical (unpaired) electrons. The lowest BCUT2D eigenvalue weighted by atomic mass is 10.1. The van der Waals surface area contributed by atoms with Crippen LogP contribution in [0.1, 0.15) is 31.4 Å². The summed E-state index contributed by atoms with van der Waals surface area (Å²) in [5.74, 6) is 0.677. The average Bonchev–Trinajstić information content (AvgIpc) is 2.26.